The van der Waals surface area contributed by atoms with Gasteiger partial charge in [-0.05, 0) is 36.6 Å². The standard InChI is InChI=1S/C17H18N2O/c1-3-12-8-5-9-19-16(12)15(18)14-10-13-7-4-6-11(2)17(13)20-14/h4-10,15H,3,18H2,1-2H3. The van der Waals surface area contributed by atoms with Crippen LogP contribution in [0.2, 0.25) is 0 Å². The van der Waals surface area contributed by atoms with Gasteiger partial charge in [-0.15, -0.1) is 0 Å². The lowest BCUT2D eigenvalue weighted by Gasteiger charge is -2.12. The molecule has 102 valence electrons. The van der Waals surface area contributed by atoms with E-state index >= 15 is 0 Å². The molecule has 0 spiro atoms. The zero-order valence-corrected chi connectivity index (χ0v) is 11.8. The van der Waals surface area contributed by atoms with Gasteiger partial charge in [0.2, 0.25) is 0 Å². The van der Waals surface area contributed by atoms with E-state index in [4.69, 9.17) is 10.2 Å². The highest BCUT2D eigenvalue weighted by molar-refractivity contribution is 5.81. The van der Waals surface area contributed by atoms with Crippen molar-refractivity contribution in [3.8, 4) is 0 Å². The van der Waals surface area contributed by atoms with Gasteiger partial charge in [-0.2, -0.15) is 0 Å². The highest BCUT2D eigenvalue weighted by Crippen LogP contribution is 2.29. The summed E-state index contributed by atoms with van der Waals surface area (Å²) in [6.45, 7) is 4.15. The van der Waals surface area contributed by atoms with Crippen molar-refractivity contribution in [2.45, 2.75) is 26.3 Å². The Morgan fingerprint density at radius 1 is 1.25 bits per heavy atom. The second kappa shape index (κ2) is 5.10. The van der Waals surface area contributed by atoms with E-state index in [2.05, 4.69) is 18.0 Å². The lowest BCUT2D eigenvalue weighted by molar-refractivity contribution is 0.517. The number of aryl methyl sites for hydroxylation is 2. The molecule has 3 aromatic rings. The van der Waals surface area contributed by atoms with Crippen molar-refractivity contribution in [1.82, 2.24) is 4.98 Å². The van der Waals surface area contributed by atoms with E-state index in [1.54, 1.807) is 6.20 Å². The number of aromatic nitrogens is 1. The van der Waals surface area contributed by atoms with E-state index in [1.807, 2.05) is 37.3 Å². The molecular weight excluding hydrogens is 248 g/mol. The third-order valence-electron chi connectivity index (χ3n) is 3.67. The minimum atomic E-state index is -0.321. The van der Waals surface area contributed by atoms with Gasteiger partial charge in [-0.25, -0.2) is 0 Å². The second-order valence-corrected chi connectivity index (χ2v) is 5.02. The van der Waals surface area contributed by atoms with Crippen molar-refractivity contribution in [2.75, 3.05) is 0 Å². The van der Waals surface area contributed by atoms with E-state index in [0.29, 0.717) is 0 Å². The number of nitrogens with zero attached hydrogens (tertiary/aromatic N) is 1. The number of para-hydroxylation sites is 1. The molecule has 2 aromatic heterocycles. The topological polar surface area (TPSA) is 52.0 Å². The zero-order chi connectivity index (χ0) is 14.1. The Balaban J connectivity index is 2.08. The fourth-order valence-electron chi connectivity index (χ4n) is 2.55. The van der Waals surface area contributed by atoms with Crippen molar-refractivity contribution < 1.29 is 4.42 Å². The summed E-state index contributed by atoms with van der Waals surface area (Å²) in [6.07, 6.45) is 2.69. The van der Waals surface area contributed by atoms with Crippen molar-refractivity contribution >= 4 is 11.0 Å². The molecule has 0 saturated carbocycles. The van der Waals surface area contributed by atoms with Gasteiger partial charge in [-0.1, -0.05) is 31.2 Å². The van der Waals surface area contributed by atoms with Gasteiger partial charge in [0.15, 0.2) is 0 Å². The van der Waals surface area contributed by atoms with Crippen molar-refractivity contribution in [1.29, 1.82) is 0 Å². The van der Waals surface area contributed by atoms with Crippen LogP contribution in [0, 0.1) is 6.92 Å². The number of fused-ring (bicyclic) bond motifs is 1. The predicted octanol–water partition coefficient (Wildman–Crippen LogP) is 3.75. The molecule has 0 aliphatic rings. The van der Waals surface area contributed by atoms with Crippen LogP contribution < -0.4 is 5.73 Å². The summed E-state index contributed by atoms with van der Waals surface area (Å²) in [5, 5.41) is 1.09. The fraction of sp³-hybridized carbons (Fsp3) is 0.235. The summed E-state index contributed by atoms with van der Waals surface area (Å²) in [4.78, 5) is 4.43. The van der Waals surface area contributed by atoms with Gasteiger partial charge >= 0.3 is 0 Å². The quantitative estimate of drug-likeness (QED) is 0.785. The summed E-state index contributed by atoms with van der Waals surface area (Å²) in [7, 11) is 0. The van der Waals surface area contributed by atoms with Gasteiger partial charge in [0.25, 0.3) is 0 Å². The number of pyridine rings is 1. The Bertz CT molecular complexity index is 746. The van der Waals surface area contributed by atoms with Gasteiger partial charge in [-0.3, -0.25) is 4.98 Å². The van der Waals surface area contributed by atoms with E-state index in [9.17, 15) is 0 Å². The molecule has 3 heteroatoms. The lowest BCUT2D eigenvalue weighted by atomic mass is 10.0. The summed E-state index contributed by atoms with van der Waals surface area (Å²) in [5.41, 5.74) is 10.4. The van der Waals surface area contributed by atoms with Gasteiger partial charge in [0, 0.05) is 11.6 Å². The Morgan fingerprint density at radius 3 is 2.85 bits per heavy atom. The molecule has 0 aliphatic heterocycles. The maximum Gasteiger partial charge on any atom is 0.137 e. The van der Waals surface area contributed by atoms with E-state index in [0.717, 1.165) is 40.0 Å². The number of hydrogen-bond acceptors (Lipinski definition) is 3. The van der Waals surface area contributed by atoms with E-state index < -0.39 is 0 Å². The Hall–Kier alpha value is -2.13. The molecule has 0 amide bonds. The second-order valence-electron chi connectivity index (χ2n) is 5.02. The van der Waals surface area contributed by atoms with Crippen LogP contribution in [0.4, 0.5) is 0 Å². The highest BCUT2D eigenvalue weighted by atomic mass is 16.3. The molecule has 2 heterocycles. The first-order chi connectivity index (χ1) is 9.70. The van der Waals surface area contributed by atoms with Crippen LogP contribution in [0.15, 0.2) is 47.0 Å². The molecule has 0 aliphatic carbocycles. The SMILES string of the molecule is CCc1cccnc1C(N)c1cc2cccc(C)c2o1. The minimum absolute atomic E-state index is 0.321. The molecule has 3 rings (SSSR count). The maximum absolute atomic E-state index is 6.35. The summed E-state index contributed by atoms with van der Waals surface area (Å²) in [6, 6.07) is 11.8. The molecule has 1 aromatic carbocycles. The maximum atomic E-state index is 6.35. The molecule has 20 heavy (non-hydrogen) atoms. The molecule has 0 fully saturated rings. The first-order valence-corrected chi connectivity index (χ1v) is 6.89. The van der Waals surface area contributed by atoms with Crippen LogP contribution in [-0.4, -0.2) is 4.98 Å². The zero-order valence-electron chi connectivity index (χ0n) is 11.8. The summed E-state index contributed by atoms with van der Waals surface area (Å²) < 4.78 is 5.95. The Kier molecular flexibility index (Phi) is 3.28. The monoisotopic (exact) mass is 266 g/mol. The lowest BCUT2D eigenvalue weighted by Crippen LogP contribution is -2.14. The Labute approximate surface area is 118 Å². The number of rotatable bonds is 3. The van der Waals surface area contributed by atoms with Crippen LogP contribution in [0.5, 0.6) is 0 Å². The van der Waals surface area contributed by atoms with Crippen LogP contribution in [0.1, 0.15) is 35.5 Å². The Morgan fingerprint density at radius 2 is 2.10 bits per heavy atom. The molecule has 0 bridgehead atoms. The average Bonchev–Trinajstić information content (AvgIpc) is 2.92. The van der Waals surface area contributed by atoms with Crippen LogP contribution >= 0.6 is 0 Å². The van der Waals surface area contributed by atoms with Crippen LogP contribution in [0.3, 0.4) is 0 Å². The fourth-order valence-corrected chi connectivity index (χ4v) is 2.55. The smallest absolute Gasteiger partial charge is 0.137 e. The molecule has 1 unspecified atom stereocenters. The van der Waals surface area contributed by atoms with Crippen molar-refractivity contribution in [2.24, 2.45) is 5.73 Å². The number of nitrogens with two attached hydrogens (primary N) is 1. The summed E-state index contributed by atoms with van der Waals surface area (Å²) >= 11 is 0. The first-order valence-electron chi connectivity index (χ1n) is 6.89. The highest BCUT2D eigenvalue weighted by Gasteiger charge is 2.18. The molecule has 1 atom stereocenters. The first kappa shape index (κ1) is 12.9. The van der Waals surface area contributed by atoms with Crippen molar-refractivity contribution in [3.63, 3.8) is 0 Å². The van der Waals surface area contributed by atoms with Gasteiger partial charge in [0.1, 0.15) is 17.4 Å². The molecule has 0 radical (unpaired) electrons. The summed E-state index contributed by atoms with van der Waals surface area (Å²) in [5.74, 6) is 0.766. The number of hydrogen-bond donors (Lipinski definition) is 1. The van der Waals surface area contributed by atoms with E-state index in [1.165, 1.54) is 0 Å². The normalized spacial score (nSPS) is 12.8. The third-order valence-corrected chi connectivity index (χ3v) is 3.67. The average molecular weight is 266 g/mol. The minimum Gasteiger partial charge on any atom is -0.459 e. The number of furan rings is 1. The van der Waals surface area contributed by atoms with Crippen LogP contribution in [-0.2, 0) is 6.42 Å². The number of benzene rings is 1. The molecular formula is C17H18N2O. The molecule has 0 saturated heterocycles. The largest absolute Gasteiger partial charge is 0.459 e. The molecule has 2 N–H and O–H groups in total. The van der Waals surface area contributed by atoms with Gasteiger partial charge in [0.05, 0.1) is 5.69 Å². The van der Waals surface area contributed by atoms with Crippen molar-refractivity contribution in [3.05, 3.63) is 65.2 Å². The predicted molar refractivity (Wildman–Crippen MR) is 80.6 cm³/mol. The van der Waals surface area contributed by atoms with Gasteiger partial charge < -0.3 is 10.2 Å². The van der Waals surface area contributed by atoms with Crippen LogP contribution in [0.25, 0.3) is 11.0 Å². The molecule has 3 nitrogen and oxygen atoms in total. The third kappa shape index (κ3) is 2.10. The van der Waals surface area contributed by atoms with E-state index in [-0.39, 0.29) is 6.04 Å².